The van der Waals surface area contributed by atoms with Gasteiger partial charge < -0.3 is 4.90 Å². The number of hydrogen-bond donors (Lipinski definition) is 0. The summed E-state index contributed by atoms with van der Waals surface area (Å²) >= 11 is 1.73. The van der Waals surface area contributed by atoms with Crippen LogP contribution in [0.25, 0.3) is 16.8 Å². The summed E-state index contributed by atoms with van der Waals surface area (Å²) in [6.45, 7) is 1.93. The lowest BCUT2D eigenvalue weighted by Crippen LogP contribution is -2.19. The summed E-state index contributed by atoms with van der Waals surface area (Å²) in [5.74, 6) is 0. The number of hydrogen-bond acceptors (Lipinski definition) is 3. The first-order valence-corrected chi connectivity index (χ1v) is 7.64. The minimum atomic E-state index is 0. The Morgan fingerprint density at radius 2 is 1.52 bits per heavy atom. The highest BCUT2D eigenvalue weighted by Crippen LogP contribution is 2.35. The maximum atomic E-state index is 4.49. The van der Waals surface area contributed by atoms with Crippen LogP contribution in [0, 0.1) is 0 Å². The lowest BCUT2D eigenvalue weighted by Gasteiger charge is -2.16. The van der Waals surface area contributed by atoms with Gasteiger partial charge in [-0.1, -0.05) is 66.4 Å². The molecular weight excluding hydrogens is 344 g/mol. The summed E-state index contributed by atoms with van der Waals surface area (Å²) in [7, 11) is 0. The standard InChI is InChI=1S/C17H14N2S.BrH/c1-2-4-13(5-3-1)14-6-8-15(9-7-14)16-12-20-17-18-10-11-19(16)17;/h1-9,12H,10-11H2;1H. The number of benzene rings is 2. The molecule has 2 aromatic carbocycles. The second-order valence-corrected chi connectivity index (χ2v) is 5.72. The Labute approximate surface area is 139 Å². The van der Waals surface area contributed by atoms with Crippen molar-refractivity contribution in [3.05, 3.63) is 65.6 Å². The molecule has 2 aliphatic rings. The zero-order valence-corrected chi connectivity index (χ0v) is 13.9. The Morgan fingerprint density at radius 1 is 0.857 bits per heavy atom. The molecular formula is C17H15BrN2S. The van der Waals surface area contributed by atoms with Crippen LogP contribution in [0.1, 0.15) is 5.56 Å². The van der Waals surface area contributed by atoms with E-state index in [0.29, 0.717) is 0 Å². The van der Waals surface area contributed by atoms with Crippen LogP contribution in [0.4, 0.5) is 0 Å². The number of nitrogens with zero attached hydrogens (tertiary/aromatic N) is 2. The van der Waals surface area contributed by atoms with Gasteiger partial charge in [-0.15, -0.1) is 17.0 Å². The number of halogens is 1. The maximum Gasteiger partial charge on any atom is 0.168 e. The molecule has 0 aliphatic carbocycles. The van der Waals surface area contributed by atoms with Crippen molar-refractivity contribution in [3.8, 4) is 11.1 Å². The van der Waals surface area contributed by atoms with Crippen LogP contribution < -0.4 is 0 Å². The second kappa shape index (κ2) is 6.08. The van der Waals surface area contributed by atoms with E-state index >= 15 is 0 Å². The quantitative estimate of drug-likeness (QED) is 0.776. The molecule has 4 rings (SSSR count). The third-order valence-corrected chi connectivity index (χ3v) is 4.56. The third kappa shape index (κ3) is 2.65. The van der Waals surface area contributed by atoms with E-state index in [1.807, 2.05) is 6.07 Å². The molecule has 2 aliphatic heterocycles. The van der Waals surface area contributed by atoms with Gasteiger partial charge in [0.15, 0.2) is 5.17 Å². The fourth-order valence-corrected chi connectivity index (χ4v) is 3.57. The average molecular weight is 359 g/mol. The fourth-order valence-electron chi connectivity index (χ4n) is 2.61. The number of thioether (sulfide) groups is 1. The van der Waals surface area contributed by atoms with Crippen molar-refractivity contribution in [2.45, 2.75) is 0 Å². The van der Waals surface area contributed by atoms with Gasteiger partial charge in [0.25, 0.3) is 0 Å². The number of rotatable bonds is 2. The average Bonchev–Trinajstić information content (AvgIpc) is 3.11. The zero-order valence-electron chi connectivity index (χ0n) is 11.4. The molecule has 0 bridgehead atoms. The van der Waals surface area contributed by atoms with Gasteiger partial charge in [0, 0.05) is 12.0 Å². The minimum Gasteiger partial charge on any atom is -0.318 e. The van der Waals surface area contributed by atoms with Crippen LogP contribution in [-0.4, -0.2) is 23.2 Å². The predicted molar refractivity (Wildman–Crippen MR) is 96.8 cm³/mol. The topological polar surface area (TPSA) is 15.6 Å². The van der Waals surface area contributed by atoms with Crippen LogP contribution in [0.3, 0.4) is 0 Å². The minimum absolute atomic E-state index is 0. The van der Waals surface area contributed by atoms with Gasteiger partial charge in [-0.25, -0.2) is 0 Å². The summed E-state index contributed by atoms with van der Waals surface area (Å²) in [4.78, 5) is 6.80. The molecule has 0 atom stereocenters. The summed E-state index contributed by atoms with van der Waals surface area (Å²) in [5, 5.41) is 3.35. The van der Waals surface area contributed by atoms with Gasteiger partial charge >= 0.3 is 0 Å². The van der Waals surface area contributed by atoms with Crippen molar-refractivity contribution < 1.29 is 0 Å². The molecule has 0 radical (unpaired) electrons. The van der Waals surface area contributed by atoms with Gasteiger partial charge in [-0.2, -0.15) is 0 Å². The number of amidine groups is 1. The van der Waals surface area contributed by atoms with Crippen molar-refractivity contribution >= 4 is 39.6 Å². The Balaban J connectivity index is 0.00000132. The molecule has 2 heterocycles. The third-order valence-electron chi connectivity index (χ3n) is 3.66. The molecule has 2 aromatic rings. The second-order valence-electron chi connectivity index (χ2n) is 4.88. The Morgan fingerprint density at radius 3 is 2.29 bits per heavy atom. The van der Waals surface area contributed by atoms with Crippen molar-refractivity contribution in [2.75, 3.05) is 13.1 Å². The van der Waals surface area contributed by atoms with Crippen LogP contribution in [-0.2, 0) is 0 Å². The Kier molecular flexibility index (Phi) is 4.17. The maximum absolute atomic E-state index is 4.49. The van der Waals surface area contributed by atoms with Gasteiger partial charge in [0.05, 0.1) is 12.2 Å². The molecule has 0 saturated carbocycles. The lowest BCUT2D eigenvalue weighted by atomic mass is 10.0. The highest BCUT2D eigenvalue weighted by atomic mass is 79.9. The fraction of sp³-hybridized carbons (Fsp3) is 0.118. The smallest absolute Gasteiger partial charge is 0.168 e. The Hall–Kier alpha value is -1.52. The van der Waals surface area contributed by atoms with Gasteiger partial charge in [-0.05, 0) is 16.7 Å². The monoisotopic (exact) mass is 358 g/mol. The van der Waals surface area contributed by atoms with Gasteiger partial charge in [0.2, 0.25) is 0 Å². The Bertz CT molecular complexity index is 692. The molecule has 106 valence electrons. The van der Waals surface area contributed by atoms with E-state index < -0.39 is 0 Å². The lowest BCUT2D eigenvalue weighted by molar-refractivity contribution is 0.650. The van der Waals surface area contributed by atoms with E-state index in [1.165, 1.54) is 22.4 Å². The van der Waals surface area contributed by atoms with E-state index in [4.69, 9.17) is 0 Å². The largest absolute Gasteiger partial charge is 0.318 e. The predicted octanol–water partition coefficient (Wildman–Crippen LogP) is 4.65. The summed E-state index contributed by atoms with van der Waals surface area (Å²) in [6.07, 6.45) is 0. The number of fused-ring (bicyclic) bond motifs is 1. The molecule has 21 heavy (non-hydrogen) atoms. The summed E-state index contributed by atoms with van der Waals surface area (Å²) in [5.41, 5.74) is 5.07. The first-order chi connectivity index (χ1) is 9.92. The van der Waals surface area contributed by atoms with Crippen LogP contribution >= 0.6 is 28.7 Å². The van der Waals surface area contributed by atoms with Crippen LogP contribution in [0.2, 0.25) is 0 Å². The summed E-state index contributed by atoms with van der Waals surface area (Å²) in [6, 6.07) is 19.3. The SMILES string of the molecule is Br.C1=C(c2ccc(-c3ccccc3)cc2)N2CCN=C2S1. The zero-order chi connectivity index (χ0) is 13.4. The first kappa shape index (κ1) is 14.4. The molecule has 0 N–H and O–H groups in total. The van der Waals surface area contributed by atoms with Crippen LogP contribution in [0.5, 0.6) is 0 Å². The molecule has 2 nitrogen and oxygen atoms in total. The molecule has 0 spiro atoms. The van der Waals surface area contributed by atoms with E-state index in [2.05, 4.69) is 63.8 Å². The normalized spacial score (nSPS) is 16.1. The van der Waals surface area contributed by atoms with Crippen molar-refractivity contribution in [1.82, 2.24) is 4.90 Å². The van der Waals surface area contributed by atoms with Crippen molar-refractivity contribution in [1.29, 1.82) is 0 Å². The molecule has 0 fully saturated rings. The molecule has 0 unspecified atom stereocenters. The first-order valence-electron chi connectivity index (χ1n) is 6.76. The van der Waals surface area contributed by atoms with Crippen molar-refractivity contribution in [3.63, 3.8) is 0 Å². The molecule has 0 saturated heterocycles. The van der Waals surface area contributed by atoms with Gasteiger partial charge in [-0.3, -0.25) is 4.99 Å². The van der Waals surface area contributed by atoms with E-state index in [9.17, 15) is 0 Å². The molecule has 4 heteroatoms. The molecule has 0 aromatic heterocycles. The number of aliphatic imine (C=N–C) groups is 1. The van der Waals surface area contributed by atoms with Gasteiger partial charge in [0.1, 0.15) is 0 Å². The van der Waals surface area contributed by atoms with E-state index in [1.54, 1.807) is 11.8 Å². The van der Waals surface area contributed by atoms with Crippen LogP contribution in [0.15, 0.2) is 65.0 Å². The highest BCUT2D eigenvalue weighted by Gasteiger charge is 2.26. The summed E-state index contributed by atoms with van der Waals surface area (Å²) < 4.78 is 0. The van der Waals surface area contributed by atoms with E-state index in [0.717, 1.165) is 18.3 Å². The van der Waals surface area contributed by atoms with E-state index in [-0.39, 0.29) is 17.0 Å². The molecule has 0 amide bonds. The van der Waals surface area contributed by atoms with Crippen molar-refractivity contribution in [2.24, 2.45) is 4.99 Å². The highest BCUT2D eigenvalue weighted by molar-refractivity contribution is 8.93.